The van der Waals surface area contributed by atoms with Gasteiger partial charge < -0.3 is 4.90 Å². The van der Waals surface area contributed by atoms with Crippen LogP contribution in [0.25, 0.3) is 22.6 Å². The number of carbonyl (C=O) groups excluding carboxylic acids is 1. The highest BCUT2D eigenvalue weighted by Gasteiger charge is 2.28. The minimum absolute atomic E-state index is 0.131. The van der Waals surface area contributed by atoms with Gasteiger partial charge >= 0.3 is 0 Å². The van der Waals surface area contributed by atoms with Crippen molar-refractivity contribution in [2.45, 2.75) is 12.3 Å². The number of benzene rings is 1. The molecule has 4 rings (SSSR count). The van der Waals surface area contributed by atoms with Crippen molar-refractivity contribution in [1.29, 1.82) is 0 Å². The fourth-order valence-electron chi connectivity index (χ4n) is 3.29. The maximum absolute atomic E-state index is 13.2. The van der Waals surface area contributed by atoms with E-state index >= 15 is 0 Å². The molecule has 0 radical (unpaired) electrons. The lowest BCUT2D eigenvalue weighted by Gasteiger charge is -2.14. The van der Waals surface area contributed by atoms with E-state index in [-0.39, 0.29) is 11.7 Å². The lowest BCUT2D eigenvalue weighted by molar-refractivity contribution is -0.117. The third-order valence-electron chi connectivity index (χ3n) is 4.65. The van der Waals surface area contributed by atoms with Crippen LogP contribution in [0.1, 0.15) is 18.0 Å². The molecule has 6 nitrogen and oxygen atoms in total. The molecule has 26 heavy (non-hydrogen) atoms. The molecule has 3 heterocycles. The van der Waals surface area contributed by atoms with Crippen LogP contribution in [0.3, 0.4) is 0 Å². The van der Waals surface area contributed by atoms with Gasteiger partial charge in [-0.15, -0.1) is 0 Å². The van der Waals surface area contributed by atoms with Crippen molar-refractivity contribution in [2.75, 3.05) is 13.1 Å². The number of nitrogens with zero attached hydrogens (tertiary/aromatic N) is 5. The Bertz CT molecular complexity index is 937. The summed E-state index contributed by atoms with van der Waals surface area (Å²) in [7, 11) is 1.85. The number of halogens is 1. The smallest absolute Gasteiger partial charge is 0.209 e. The summed E-state index contributed by atoms with van der Waals surface area (Å²) in [5, 5.41) is 4.47. The first kappa shape index (κ1) is 16.4. The Labute approximate surface area is 150 Å². The monoisotopic (exact) mass is 351 g/mol. The van der Waals surface area contributed by atoms with Gasteiger partial charge in [-0.25, -0.2) is 9.37 Å². The van der Waals surface area contributed by atoms with Crippen molar-refractivity contribution in [3.05, 3.63) is 54.2 Å². The van der Waals surface area contributed by atoms with Crippen molar-refractivity contribution < 1.29 is 9.18 Å². The molecule has 7 heteroatoms. The van der Waals surface area contributed by atoms with E-state index in [9.17, 15) is 9.18 Å². The van der Waals surface area contributed by atoms with E-state index in [2.05, 4.69) is 10.1 Å². The summed E-state index contributed by atoms with van der Waals surface area (Å²) in [6.07, 6.45) is 5.29. The van der Waals surface area contributed by atoms with Crippen molar-refractivity contribution in [3.8, 4) is 22.6 Å². The molecular weight excluding hydrogens is 333 g/mol. The summed E-state index contributed by atoms with van der Waals surface area (Å²) >= 11 is 0. The third-order valence-corrected chi connectivity index (χ3v) is 4.65. The molecule has 1 aliphatic rings. The van der Waals surface area contributed by atoms with E-state index in [1.165, 1.54) is 12.1 Å². The molecule has 3 aromatic rings. The average molecular weight is 351 g/mol. The van der Waals surface area contributed by atoms with Crippen LogP contribution in [-0.4, -0.2) is 44.1 Å². The van der Waals surface area contributed by atoms with Crippen LogP contribution in [-0.2, 0) is 11.8 Å². The minimum Gasteiger partial charge on any atom is -0.345 e. The van der Waals surface area contributed by atoms with Gasteiger partial charge in [0.2, 0.25) is 6.41 Å². The predicted molar refractivity (Wildman–Crippen MR) is 94.6 cm³/mol. The molecule has 1 aliphatic heterocycles. The predicted octanol–water partition coefficient (Wildman–Crippen LogP) is 2.63. The highest BCUT2D eigenvalue weighted by atomic mass is 19.1. The Morgan fingerprint density at radius 1 is 1.19 bits per heavy atom. The SMILES string of the molecule is Cn1ccc(-c2nc(-c3ccc(F)cc3)cnc2C2CCN(C=O)C2)n1. The highest BCUT2D eigenvalue weighted by molar-refractivity contribution is 5.65. The van der Waals surface area contributed by atoms with Gasteiger partial charge in [-0.1, -0.05) is 0 Å². The molecule has 0 saturated carbocycles. The van der Waals surface area contributed by atoms with Crippen molar-refractivity contribution in [2.24, 2.45) is 7.05 Å². The molecule has 1 unspecified atom stereocenters. The van der Waals surface area contributed by atoms with E-state index in [0.717, 1.165) is 36.3 Å². The highest BCUT2D eigenvalue weighted by Crippen LogP contribution is 2.32. The average Bonchev–Trinajstić information content (AvgIpc) is 3.31. The molecule has 0 bridgehead atoms. The van der Waals surface area contributed by atoms with Crippen molar-refractivity contribution in [1.82, 2.24) is 24.6 Å². The first-order valence-corrected chi connectivity index (χ1v) is 8.46. The summed E-state index contributed by atoms with van der Waals surface area (Å²) in [6.45, 7) is 1.35. The van der Waals surface area contributed by atoms with Crippen LogP contribution in [0.4, 0.5) is 4.39 Å². The van der Waals surface area contributed by atoms with Crippen molar-refractivity contribution in [3.63, 3.8) is 0 Å². The number of hydrogen-bond acceptors (Lipinski definition) is 4. The Morgan fingerprint density at radius 2 is 2.00 bits per heavy atom. The second-order valence-electron chi connectivity index (χ2n) is 6.46. The third kappa shape index (κ3) is 3.08. The molecular formula is C19H18FN5O. The van der Waals surface area contributed by atoms with Gasteiger partial charge in [-0.05, 0) is 36.8 Å². The normalized spacial score (nSPS) is 16.8. The summed E-state index contributed by atoms with van der Waals surface area (Å²) in [5.41, 5.74) is 3.76. The number of aromatic nitrogens is 4. The Balaban J connectivity index is 1.79. The molecule has 0 aliphatic carbocycles. The van der Waals surface area contributed by atoms with Gasteiger partial charge in [0, 0.05) is 37.8 Å². The molecule has 1 aromatic carbocycles. The van der Waals surface area contributed by atoms with E-state index in [0.29, 0.717) is 17.9 Å². The zero-order valence-electron chi connectivity index (χ0n) is 14.3. The Morgan fingerprint density at radius 3 is 2.65 bits per heavy atom. The standard InChI is InChI=1S/C19H18FN5O/c1-24-8-7-16(23-24)19-18(14-6-9-25(11-14)12-26)21-10-17(22-19)13-2-4-15(20)5-3-13/h2-5,7-8,10,12,14H,6,9,11H2,1H3. The zero-order chi connectivity index (χ0) is 18.1. The number of rotatable bonds is 4. The minimum atomic E-state index is -0.289. The van der Waals surface area contributed by atoms with Gasteiger partial charge in [0.15, 0.2) is 0 Å². The van der Waals surface area contributed by atoms with Crippen LogP contribution < -0.4 is 0 Å². The van der Waals surface area contributed by atoms with Gasteiger partial charge in [-0.3, -0.25) is 14.5 Å². The van der Waals surface area contributed by atoms with Crippen LogP contribution in [0.2, 0.25) is 0 Å². The summed E-state index contributed by atoms with van der Waals surface area (Å²) in [5.74, 6) is -0.157. The van der Waals surface area contributed by atoms with Gasteiger partial charge in [0.05, 0.1) is 17.6 Å². The first-order chi connectivity index (χ1) is 12.6. The number of amides is 1. The molecule has 132 valence electrons. The Hall–Kier alpha value is -3.09. The first-order valence-electron chi connectivity index (χ1n) is 8.46. The fraction of sp³-hybridized carbons (Fsp3) is 0.263. The number of hydrogen-bond donors (Lipinski definition) is 0. The maximum atomic E-state index is 13.2. The number of carbonyl (C=O) groups is 1. The molecule has 0 N–H and O–H groups in total. The molecule has 1 atom stereocenters. The lowest BCUT2D eigenvalue weighted by Crippen LogP contribution is -2.18. The second-order valence-corrected chi connectivity index (χ2v) is 6.46. The zero-order valence-corrected chi connectivity index (χ0v) is 14.3. The van der Waals surface area contributed by atoms with Crippen LogP contribution in [0.5, 0.6) is 0 Å². The molecule has 1 fully saturated rings. The lowest BCUT2D eigenvalue weighted by atomic mass is 10.0. The Kier molecular flexibility index (Phi) is 4.20. The molecule has 2 aromatic heterocycles. The van der Waals surface area contributed by atoms with Crippen molar-refractivity contribution >= 4 is 6.41 Å². The molecule has 1 amide bonds. The van der Waals surface area contributed by atoms with E-state index in [1.807, 2.05) is 19.3 Å². The number of likely N-dealkylation sites (tertiary alicyclic amines) is 1. The quantitative estimate of drug-likeness (QED) is 0.678. The maximum Gasteiger partial charge on any atom is 0.209 e. The van der Waals surface area contributed by atoms with E-state index in [1.54, 1.807) is 27.9 Å². The topological polar surface area (TPSA) is 63.9 Å². The van der Waals surface area contributed by atoms with E-state index in [4.69, 9.17) is 4.98 Å². The fourth-order valence-corrected chi connectivity index (χ4v) is 3.29. The van der Waals surface area contributed by atoms with Gasteiger partial charge in [0.25, 0.3) is 0 Å². The molecule has 1 saturated heterocycles. The van der Waals surface area contributed by atoms with E-state index < -0.39 is 0 Å². The van der Waals surface area contributed by atoms with Crippen LogP contribution >= 0.6 is 0 Å². The van der Waals surface area contributed by atoms with Crippen LogP contribution in [0.15, 0.2) is 42.7 Å². The second kappa shape index (κ2) is 6.67. The van der Waals surface area contributed by atoms with Gasteiger partial charge in [0.1, 0.15) is 17.2 Å². The van der Waals surface area contributed by atoms with Gasteiger partial charge in [-0.2, -0.15) is 5.10 Å². The molecule has 0 spiro atoms. The summed E-state index contributed by atoms with van der Waals surface area (Å²) < 4.78 is 14.9. The summed E-state index contributed by atoms with van der Waals surface area (Å²) in [6, 6.07) is 8.08. The van der Waals surface area contributed by atoms with Crippen LogP contribution in [0, 0.1) is 5.82 Å². The summed E-state index contributed by atoms with van der Waals surface area (Å²) in [4.78, 5) is 22.3. The number of aryl methyl sites for hydroxylation is 1. The largest absolute Gasteiger partial charge is 0.345 e.